The van der Waals surface area contributed by atoms with Gasteiger partial charge in [0.05, 0.1) is 18.4 Å². The van der Waals surface area contributed by atoms with Crippen LogP contribution in [0.2, 0.25) is 0 Å². The minimum Gasteiger partial charge on any atom is -0.323 e. The highest BCUT2D eigenvalue weighted by atomic mass is 19.1. The molecule has 1 saturated heterocycles. The number of hydrogen-bond acceptors (Lipinski definition) is 8. The third-order valence-corrected chi connectivity index (χ3v) is 7.78. The van der Waals surface area contributed by atoms with Crippen molar-refractivity contribution in [2.75, 3.05) is 12.4 Å². The summed E-state index contributed by atoms with van der Waals surface area (Å²) in [4.78, 5) is 43.8. The SMILES string of the molecule is Cc1cc(Nc2cc(C)[nH]n2)nc(C2=CCC3(CC2)C(=O)N([C@@H](C)c2ccc(-n4cc(F)cn4)nc2)C(=O)N3C)n1. The van der Waals surface area contributed by atoms with Crippen molar-refractivity contribution in [1.29, 1.82) is 0 Å². The molecule has 4 aromatic rings. The molecule has 1 spiro atoms. The van der Waals surface area contributed by atoms with Crippen LogP contribution < -0.4 is 5.32 Å². The lowest BCUT2D eigenvalue weighted by atomic mass is 9.81. The topological polar surface area (TPSA) is 138 Å². The van der Waals surface area contributed by atoms with Crippen molar-refractivity contribution < 1.29 is 14.0 Å². The fraction of sp³-hybridized carbons (Fsp3) is 0.321. The molecule has 2 N–H and O–H groups in total. The molecule has 6 rings (SSSR count). The molecule has 0 radical (unpaired) electrons. The summed E-state index contributed by atoms with van der Waals surface area (Å²) < 4.78 is 14.7. The van der Waals surface area contributed by atoms with Crippen LogP contribution in [0.3, 0.4) is 0 Å². The van der Waals surface area contributed by atoms with Crippen molar-refractivity contribution in [3.05, 3.63) is 77.5 Å². The van der Waals surface area contributed by atoms with E-state index < -0.39 is 17.4 Å². The number of rotatable bonds is 6. The van der Waals surface area contributed by atoms with Crippen molar-refractivity contribution in [2.45, 2.75) is 51.6 Å². The fourth-order valence-electron chi connectivity index (χ4n) is 5.43. The van der Waals surface area contributed by atoms with E-state index in [1.807, 2.05) is 32.1 Å². The van der Waals surface area contributed by atoms with Gasteiger partial charge >= 0.3 is 6.03 Å². The number of likely N-dealkylation sites (N-methyl/N-ethyl adjacent to an activating group) is 1. The Morgan fingerprint density at radius 1 is 1.12 bits per heavy atom. The third-order valence-electron chi connectivity index (χ3n) is 7.78. The van der Waals surface area contributed by atoms with Crippen LogP contribution in [0.15, 0.2) is 48.9 Å². The van der Waals surface area contributed by atoms with E-state index in [1.165, 1.54) is 15.8 Å². The van der Waals surface area contributed by atoms with Crippen LogP contribution in [-0.4, -0.2) is 69.3 Å². The first-order valence-corrected chi connectivity index (χ1v) is 13.3. The molecule has 2 aliphatic rings. The van der Waals surface area contributed by atoms with E-state index in [0.29, 0.717) is 48.1 Å². The lowest BCUT2D eigenvalue weighted by molar-refractivity contribution is -0.134. The Morgan fingerprint density at radius 3 is 2.59 bits per heavy atom. The number of carbonyl (C=O) groups excluding carboxylic acids is 2. The molecular formula is C28H29FN10O2. The summed E-state index contributed by atoms with van der Waals surface area (Å²) in [7, 11) is 1.68. The Morgan fingerprint density at radius 2 is 1.95 bits per heavy atom. The second kappa shape index (κ2) is 9.91. The highest BCUT2D eigenvalue weighted by Gasteiger charge is 2.57. The van der Waals surface area contributed by atoms with E-state index in [4.69, 9.17) is 0 Å². The van der Waals surface area contributed by atoms with Crippen LogP contribution in [-0.2, 0) is 4.79 Å². The number of halogens is 1. The molecule has 4 aromatic heterocycles. The van der Waals surface area contributed by atoms with Crippen LogP contribution in [0.5, 0.6) is 0 Å². The average molecular weight is 557 g/mol. The van der Waals surface area contributed by atoms with Gasteiger partial charge in [-0.1, -0.05) is 12.1 Å². The Hall–Kier alpha value is -4.94. The van der Waals surface area contributed by atoms with Crippen LogP contribution in [0.1, 0.15) is 55.0 Å². The van der Waals surface area contributed by atoms with Crippen molar-refractivity contribution in [2.24, 2.45) is 0 Å². The number of carbonyl (C=O) groups is 2. The van der Waals surface area contributed by atoms with Gasteiger partial charge in [-0.05, 0) is 57.2 Å². The Kier molecular flexibility index (Phi) is 6.36. The number of imide groups is 1. The number of amides is 3. The van der Waals surface area contributed by atoms with Crippen LogP contribution >= 0.6 is 0 Å². The van der Waals surface area contributed by atoms with Gasteiger partial charge in [-0.25, -0.2) is 28.8 Å². The number of pyridine rings is 1. The Bertz CT molecular complexity index is 1680. The molecule has 12 nitrogen and oxygen atoms in total. The van der Waals surface area contributed by atoms with E-state index in [1.54, 1.807) is 37.2 Å². The van der Waals surface area contributed by atoms with Crippen LogP contribution in [0, 0.1) is 19.7 Å². The summed E-state index contributed by atoms with van der Waals surface area (Å²) in [6, 6.07) is 6.28. The summed E-state index contributed by atoms with van der Waals surface area (Å²) in [6.45, 7) is 5.62. The number of H-pyrrole nitrogens is 1. The molecule has 0 aromatic carbocycles. The first-order chi connectivity index (χ1) is 19.6. The quantitative estimate of drug-likeness (QED) is 0.337. The lowest BCUT2D eigenvalue weighted by Crippen LogP contribution is -2.48. The number of hydrogen-bond donors (Lipinski definition) is 2. The van der Waals surface area contributed by atoms with E-state index >= 15 is 0 Å². The number of nitrogens with zero attached hydrogens (tertiary/aromatic N) is 8. The van der Waals surface area contributed by atoms with Gasteiger partial charge in [-0.3, -0.25) is 14.8 Å². The molecule has 1 unspecified atom stereocenters. The van der Waals surface area contributed by atoms with E-state index in [2.05, 4.69) is 35.6 Å². The monoisotopic (exact) mass is 556 g/mol. The van der Waals surface area contributed by atoms with Crippen LogP contribution in [0.25, 0.3) is 11.4 Å². The third kappa shape index (κ3) is 4.62. The van der Waals surface area contributed by atoms with Gasteiger partial charge in [0.1, 0.15) is 11.4 Å². The maximum Gasteiger partial charge on any atom is 0.327 e. The summed E-state index contributed by atoms with van der Waals surface area (Å²) in [6.07, 6.45) is 7.21. The number of allylic oxidation sites excluding steroid dienone is 1. The zero-order valence-corrected chi connectivity index (χ0v) is 23.1. The van der Waals surface area contributed by atoms with Crippen molar-refractivity contribution in [3.8, 4) is 5.82 Å². The maximum absolute atomic E-state index is 13.9. The molecule has 1 aliphatic heterocycles. The largest absolute Gasteiger partial charge is 0.327 e. The zero-order chi connectivity index (χ0) is 28.9. The van der Waals surface area contributed by atoms with Gasteiger partial charge in [0.25, 0.3) is 5.91 Å². The zero-order valence-electron chi connectivity index (χ0n) is 23.1. The maximum atomic E-state index is 13.9. The van der Waals surface area contributed by atoms with E-state index in [-0.39, 0.29) is 11.9 Å². The van der Waals surface area contributed by atoms with Crippen LogP contribution in [0.4, 0.5) is 20.8 Å². The molecule has 41 heavy (non-hydrogen) atoms. The number of nitrogens with one attached hydrogen (secondary N) is 2. The lowest BCUT2D eigenvalue weighted by Gasteiger charge is -2.35. The molecular weight excluding hydrogens is 527 g/mol. The first-order valence-electron chi connectivity index (χ1n) is 13.3. The van der Waals surface area contributed by atoms with Gasteiger partial charge in [-0.2, -0.15) is 10.2 Å². The average Bonchev–Trinajstić information content (AvgIpc) is 3.63. The molecule has 13 heteroatoms. The molecule has 1 fully saturated rings. The Balaban J connectivity index is 1.21. The van der Waals surface area contributed by atoms with Gasteiger partial charge in [0.2, 0.25) is 0 Å². The number of anilines is 2. The van der Waals surface area contributed by atoms with Gasteiger partial charge < -0.3 is 10.2 Å². The highest BCUT2D eigenvalue weighted by Crippen LogP contribution is 2.43. The van der Waals surface area contributed by atoms with Gasteiger partial charge in [0, 0.05) is 36.8 Å². The smallest absolute Gasteiger partial charge is 0.323 e. The van der Waals surface area contributed by atoms with Gasteiger partial charge in [0.15, 0.2) is 23.3 Å². The van der Waals surface area contributed by atoms with E-state index in [0.717, 1.165) is 23.2 Å². The number of aryl methyl sites for hydroxylation is 2. The normalized spacial score (nSPS) is 19.7. The predicted octanol–water partition coefficient (Wildman–Crippen LogP) is 4.24. The number of aromatic nitrogens is 7. The summed E-state index contributed by atoms with van der Waals surface area (Å²) in [5, 5.41) is 14.2. The molecule has 5 heterocycles. The van der Waals surface area contributed by atoms with Crippen molar-refractivity contribution in [1.82, 2.24) is 44.7 Å². The molecule has 210 valence electrons. The molecule has 1 aliphatic carbocycles. The predicted molar refractivity (Wildman–Crippen MR) is 148 cm³/mol. The number of urea groups is 1. The minimum atomic E-state index is -0.980. The number of aromatic amines is 1. The van der Waals surface area contributed by atoms with Gasteiger partial charge in [-0.15, -0.1) is 0 Å². The van der Waals surface area contributed by atoms with Crippen molar-refractivity contribution in [3.63, 3.8) is 0 Å². The summed E-state index contributed by atoms with van der Waals surface area (Å²) in [5.41, 5.74) is 2.36. The standard InChI is InChI=1S/C28H29FN10O2/c1-16-11-22(33-23-12-17(2)35-36-23)34-25(32-16)19-7-9-28(10-8-19)26(40)39(27(41)37(28)4)18(3)20-5-6-24(30-13-20)38-15-21(29)14-31-38/h5-7,11-15,18H,8-10H2,1-4H3,(H2,32,33,34,35,36)/t18-,28?/m0/s1. The minimum absolute atomic E-state index is 0.243. The van der Waals surface area contributed by atoms with Crippen molar-refractivity contribution >= 4 is 29.1 Å². The second-order valence-corrected chi connectivity index (χ2v) is 10.5. The first kappa shape index (κ1) is 26.3. The second-order valence-electron chi connectivity index (χ2n) is 10.5. The summed E-state index contributed by atoms with van der Waals surface area (Å²) >= 11 is 0. The molecule has 0 saturated carbocycles. The summed E-state index contributed by atoms with van der Waals surface area (Å²) in [5.74, 6) is 1.59. The van der Waals surface area contributed by atoms with E-state index in [9.17, 15) is 14.0 Å². The highest BCUT2D eigenvalue weighted by molar-refractivity contribution is 6.07. The molecule has 3 amide bonds. The Labute approximate surface area is 235 Å². The molecule has 2 atom stereocenters. The molecule has 0 bridgehead atoms. The fourth-order valence-corrected chi connectivity index (χ4v) is 5.43.